The number of nitrogens with two attached hydrogens (primary N) is 1. The van der Waals surface area contributed by atoms with E-state index in [-0.39, 0.29) is 11.8 Å². The second-order valence-electron chi connectivity index (χ2n) is 6.50. The van der Waals surface area contributed by atoms with E-state index in [0.29, 0.717) is 18.0 Å². The van der Waals surface area contributed by atoms with Crippen molar-refractivity contribution in [2.75, 3.05) is 20.1 Å². The monoisotopic (exact) mass is 283 g/mol. The highest BCUT2D eigenvalue weighted by atomic mass is 16.1. The molecular weight excluding hydrogens is 250 g/mol. The van der Waals surface area contributed by atoms with Crippen LogP contribution in [0.4, 0.5) is 0 Å². The number of hydrogen-bond acceptors (Lipinski definition) is 3. The molecule has 1 rings (SSSR count). The van der Waals surface area contributed by atoms with E-state index in [0.717, 1.165) is 38.8 Å². The van der Waals surface area contributed by atoms with Crippen LogP contribution < -0.4 is 11.1 Å². The van der Waals surface area contributed by atoms with Gasteiger partial charge in [-0.1, -0.05) is 20.3 Å². The molecule has 0 aromatic rings. The summed E-state index contributed by atoms with van der Waals surface area (Å²) in [6, 6.07) is 0.862. The van der Waals surface area contributed by atoms with Gasteiger partial charge in [0, 0.05) is 31.1 Å². The smallest absolute Gasteiger partial charge is 0.223 e. The highest BCUT2D eigenvalue weighted by Gasteiger charge is 2.28. The number of carbonyl (C=O) groups is 1. The molecule has 1 amide bonds. The fourth-order valence-corrected chi connectivity index (χ4v) is 2.98. The molecule has 0 aromatic heterocycles. The van der Waals surface area contributed by atoms with E-state index in [4.69, 9.17) is 5.73 Å². The Kier molecular flexibility index (Phi) is 7.52. The zero-order chi connectivity index (χ0) is 15.1. The van der Waals surface area contributed by atoms with E-state index in [2.05, 4.69) is 38.0 Å². The molecule has 0 aromatic carbocycles. The highest BCUT2D eigenvalue weighted by Crippen LogP contribution is 2.29. The normalized spacial score (nSPS) is 26.3. The third kappa shape index (κ3) is 5.41. The maximum absolute atomic E-state index is 12.2. The minimum Gasteiger partial charge on any atom is -0.355 e. The molecule has 1 aliphatic rings. The van der Waals surface area contributed by atoms with Crippen LogP contribution in [0.1, 0.15) is 52.9 Å². The summed E-state index contributed by atoms with van der Waals surface area (Å²) in [5.41, 5.74) is 6.01. The average Bonchev–Trinajstić information content (AvgIpc) is 2.45. The van der Waals surface area contributed by atoms with Crippen molar-refractivity contribution in [3.63, 3.8) is 0 Å². The summed E-state index contributed by atoms with van der Waals surface area (Å²) in [4.78, 5) is 14.5. The van der Waals surface area contributed by atoms with Gasteiger partial charge in [-0.25, -0.2) is 0 Å². The van der Waals surface area contributed by atoms with Gasteiger partial charge in [0.2, 0.25) is 5.91 Å². The van der Waals surface area contributed by atoms with Crippen molar-refractivity contribution in [3.8, 4) is 0 Å². The lowest BCUT2D eigenvalue weighted by molar-refractivity contribution is -0.126. The fraction of sp³-hybridized carbons (Fsp3) is 0.938. The highest BCUT2D eigenvalue weighted by molar-refractivity contribution is 5.78. The average molecular weight is 283 g/mol. The standard InChI is InChI=1S/C16H33N3O/c1-5-12(2)19(4)10-9-18-16(20)13(3)14-7-6-8-15(17)11-14/h12-15H,5-11,17H2,1-4H3,(H,18,20). The molecule has 3 N–H and O–H groups in total. The molecule has 0 saturated heterocycles. The molecule has 118 valence electrons. The number of amides is 1. The van der Waals surface area contributed by atoms with E-state index < -0.39 is 0 Å². The van der Waals surface area contributed by atoms with Gasteiger partial charge in [0.25, 0.3) is 0 Å². The van der Waals surface area contributed by atoms with Crippen molar-refractivity contribution >= 4 is 5.91 Å². The van der Waals surface area contributed by atoms with Crippen molar-refractivity contribution < 1.29 is 4.79 Å². The lowest BCUT2D eigenvalue weighted by Gasteiger charge is -2.30. The second-order valence-corrected chi connectivity index (χ2v) is 6.50. The number of carbonyl (C=O) groups excluding carboxylic acids is 1. The van der Waals surface area contributed by atoms with Crippen LogP contribution >= 0.6 is 0 Å². The lowest BCUT2D eigenvalue weighted by atomic mass is 9.78. The minimum absolute atomic E-state index is 0.0928. The molecule has 20 heavy (non-hydrogen) atoms. The molecule has 0 spiro atoms. The van der Waals surface area contributed by atoms with E-state index in [1.54, 1.807) is 0 Å². The summed E-state index contributed by atoms with van der Waals surface area (Å²) in [6.45, 7) is 8.11. The lowest BCUT2D eigenvalue weighted by Crippen LogP contribution is -2.41. The summed E-state index contributed by atoms with van der Waals surface area (Å²) in [5, 5.41) is 3.08. The molecule has 4 nitrogen and oxygen atoms in total. The second kappa shape index (κ2) is 8.63. The molecule has 0 bridgehead atoms. The molecule has 4 unspecified atom stereocenters. The predicted molar refractivity (Wildman–Crippen MR) is 84.5 cm³/mol. The van der Waals surface area contributed by atoms with Gasteiger partial charge in [-0.15, -0.1) is 0 Å². The van der Waals surface area contributed by atoms with E-state index in [1.807, 2.05) is 0 Å². The molecule has 0 radical (unpaired) electrons. The van der Waals surface area contributed by atoms with E-state index in [9.17, 15) is 4.79 Å². The Labute approximate surface area is 124 Å². The van der Waals surface area contributed by atoms with Gasteiger partial charge in [-0.2, -0.15) is 0 Å². The van der Waals surface area contributed by atoms with Gasteiger partial charge < -0.3 is 16.0 Å². The van der Waals surface area contributed by atoms with Crippen LogP contribution in [0.25, 0.3) is 0 Å². The van der Waals surface area contributed by atoms with Crippen molar-refractivity contribution in [1.82, 2.24) is 10.2 Å². The van der Waals surface area contributed by atoms with E-state index in [1.165, 1.54) is 6.42 Å². The Balaban J connectivity index is 2.28. The van der Waals surface area contributed by atoms with Crippen molar-refractivity contribution in [2.24, 2.45) is 17.6 Å². The van der Waals surface area contributed by atoms with Crippen molar-refractivity contribution in [3.05, 3.63) is 0 Å². The number of rotatable bonds is 7. The Morgan fingerprint density at radius 3 is 2.70 bits per heavy atom. The third-order valence-electron chi connectivity index (χ3n) is 4.98. The maximum Gasteiger partial charge on any atom is 0.223 e. The SMILES string of the molecule is CCC(C)N(C)CCNC(=O)C(C)C1CCCC(N)C1. The van der Waals surface area contributed by atoms with Gasteiger partial charge in [0.15, 0.2) is 0 Å². The zero-order valence-corrected chi connectivity index (χ0v) is 13.7. The molecule has 0 heterocycles. The predicted octanol–water partition coefficient (Wildman–Crippen LogP) is 1.99. The maximum atomic E-state index is 12.2. The first kappa shape index (κ1) is 17.4. The molecular formula is C16H33N3O. The Morgan fingerprint density at radius 2 is 2.10 bits per heavy atom. The number of likely N-dealkylation sites (N-methyl/N-ethyl adjacent to an activating group) is 1. The Hall–Kier alpha value is -0.610. The molecule has 1 aliphatic carbocycles. The first-order valence-electron chi connectivity index (χ1n) is 8.19. The Bertz CT molecular complexity index is 295. The van der Waals surface area contributed by atoms with Crippen molar-refractivity contribution in [2.45, 2.75) is 65.0 Å². The zero-order valence-electron chi connectivity index (χ0n) is 13.7. The van der Waals surface area contributed by atoms with Crippen LogP contribution in [0.3, 0.4) is 0 Å². The van der Waals surface area contributed by atoms with Crippen LogP contribution in [0.5, 0.6) is 0 Å². The fourth-order valence-electron chi connectivity index (χ4n) is 2.98. The third-order valence-corrected chi connectivity index (χ3v) is 4.98. The summed E-state index contributed by atoms with van der Waals surface area (Å²) in [7, 11) is 2.11. The summed E-state index contributed by atoms with van der Waals surface area (Å²) in [6.07, 6.45) is 5.57. The molecule has 4 heteroatoms. The number of nitrogens with zero attached hydrogens (tertiary/aromatic N) is 1. The molecule has 1 fully saturated rings. The topological polar surface area (TPSA) is 58.4 Å². The summed E-state index contributed by atoms with van der Waals surface area (Å²) in [5.74, 6) is 0.753. The van der Waals surface area contributed by atoms with Crippen LogP contribution in [0.2, 0.25) is 0 Å². The number of hydrogen-bond donors (Lipinski definition) is 2. The van der Waals surface area contributed by atoms with Crippen LogP contribution in [-0.2, 0) is 4.79 Å². The first-order valence-corrected chi connectivity index (χ1v) is 8.19. The largest absolute Gasteiger partial charge is 0.355 e. The summed E-state index contributed by atoms with van der Waals surface area (Å²) >= 11 is 0. The molecule has 0 aliphatic heterocycles. The van der Waals surface area contributed by atoms with E-state index >= 15 is 0 Å². The first-order chi connectivity index (χ1) is 9.45. The molecule has 4 atom stereocenters. The quantitative estimate of drug-likeness (QED) is 0.751. The van der Waals surface area contributed by atoms with Gasteiger partial charge in [0.05, 0.1) is 0 Å². The van der Waals surface area contributed by atoms with Crippen LogP contribution in [0.15, 0.2) is 0 Å². The number of nitrogens with one attached hydrogen (secondary N) is 1. The van der Waals surface area contributed by atoms with Crippen LogP contribution in [-0.4, -0.2) is 43.0 Å². The van der Waals surface area contributed by atoms with Crippen LogP contribution in [0, 0.1) is 11.8 Å². The summed E-state index contributed by atoms with van der Waals surface area (Å²) < 4.78 is 0. The van der Waals surface area contributed by atoms with Gasteiger partial charge in [0.1, 0.15) is 0 Å². The molecule has 1 saturated carbocycles. The van der Waals surface area contributed by atoms with Gasteiger partial charge >= 0.3 is 0 Å². The van der Waals surface area contributed by atoms with Gasteiger partial charge in [-0.3, -0.25) is 4.79 Å². The minimum atomic E-state index is 0.0928. The van der Waals surface area contributed by atoms with Gasteiger partial charge in [-0.05, 0) is 45.6 Å². The Morgan fingerprint density at radius 1 is 1.40 bits per heavy atom. The van der Waals surface area contributed by atoms with Crippen molar-refractivity contribution in [1.29, 1.82) is 0 Å².